The van der Waals surface area contributed by atoms with E-state index < -0.39 is 12.1 Å². The van der Waals surface area contributed by atoms with Gasteiger partial charge in [0.25, 0.3) is 0 Å². The molecule has 0 unspecified atom stereocenters. The molecule has 7 atom stereocenters. The smallest absolute Gasteiger partial charge is 0.345 e. The van der Waals surface area contributed by atoms with Gasteiger partial charge in [0.1, 0.15) is 5.82 Å². The van der Waals surface area contributed by atoms with E-state index in [1.54, 1.807) is 23.9 Å². The lowest BCUT2D eigenvalue weighted by molar-refractivity contribution is -0.244. The number of fused-ring (bicyclic) bond motifs is 6. The third kappa shape index (κ3) is 3.66. The van der Waals surface area contributed by atoms with Crippen LogP contribution in [0.1, 0.15) is 62.9 Å². The van der Waals surface area contributed by atoms with Crippen LogP contribution in [0.3, 0.4) is 0 Å². The largest absolute Gasteiger partial charge is 0.393 e. The maximum atomic E-state index is 13.6. The zero-order chi connectivity index (χ0) is 26.1. The van der Waals surface area contributed by atoms with Crippen LogP contribution in [-0.4, -0.2) is 38.5 Å². The first-order chi connectivity index (χ1) is 17.7. The molecule has 0 amide bonds. The van der Waals surface area contributed by atoms with Gasteiger partial charge in [-0.3, -0.25) is 0 Å². The zero-order valence-electron chi connectivity index (χ0n) is 21.6. The van der Waals surface area contributed by atoms with Gasteiger partial charge in [-0.05, 0) is 104 Å². The van der Waals surface area contributed by atoms with Crippen molar-refractivity contribution in [3.05, 3.63) is 52.6 Å². The highest BCUT2D eigenvalue weighted by molar-refractivity contribution is 7.97. The van der Waals surface area contributed by atoms with E-state index in [2.05, 4.69) is 31.1 Å². The van der Waals surface area contributed by atoms with E-state index in [0.717, 1.165) is 48.5 Å². The number of benzene rings is 1. The van der Waals surface area contributed by atoms with Crippen molar-refractivity contribution in [3.8, 4) is 5.69 Å². The van der Waals surface area contributed by atoms with Crippen molar-refractivity contribution in [1.82, 2.24) is 9.78 Å². The van der Waals surface area contributed by atoms with Crippen molar-refractivity contribution in [1.29, 1.82) is 0 Å². The second-order valence-corrected chi connectivity index (χ2v) is 12.9. The van der Waals surface area contributed by atoms with Crippen LogP contribution >= 0.6 is 11.8 Å². The third-order valence-electron chi connectivity index (χ3n) is 10.4. The fourth-order valence-corrected chi connectivity index (χ4v) is 9.31. The van der Waals surface area contributed by atoms with E-state index in [0.29, 0.717) is 24.7 Å². The van der Waals surface area contributed by atoms with Crippen molar-refractivity contribution in [2.24, 2.45) is 34.5 Å². The number of nitrogens with zero attached hydrogens (tertiary/aromatic N) is 2. The number of hydrogen-bond acceptors (Lipinski definition) is 6. The summed E-state index contributed by atoms with van der Waals surface area (Å²) >= 11 is 1.74. The van der Waals surface area contributed by atoms with Gasteiger partial charge in [0.2, 0.25) is 0 Å². The van der Waals surface area contributed by atoms with Gasteiger partial charge in [-0.2, -0.15) is 22.1 Å². The predicted molar refractivity (Wildman–Crippen MR) is 140 cm³/mol. The van der Waals surface area contributed by atoms with Crippen LogP contribution in [0.25, 0.3) is 11.8 Å². The quantitative estimate of drug-likeness (QED) is 0.395. The van der Waals surface area contributed by atoms with Gasteiger partial charge < -0.3 is 9.99 Å². The molecule has 198 valence electrons. The maximum Gasteiger partial charge on any atom is 0.345 e. The monoisotopic (exact) mass is 526 g/mol. The second-order valence-electron chi connectivity index (χ2n) is 12.0. The highest BCUT2D eigenvalue weighted by Crippen LogP contribution is 2.66. The number of carbonyl (C=O) groups excluding carboxylic acids is 1. The second kappa shape index (κ2) is 8.95. The lowest BCUT2D eigenvalue weighted by Crippen LogP contribution is -2.57. The van der Waals surface area contributed by atoms with Gasteiger partial charge in [-0.1, -0.05) is 19.4 Å². The molecule has 0 spiro atoms. The lowest BCUT2D eigenvalue weighted by atomic mass is 9.46. The number of carbonyl (C=O) groups is 1. The molecule has 0 saturated heterocycles. The molecule has 1 aromatic carbocycles. The topological polar surface area (TPSA) is 84.6 Å². The summed E-state index contributed by atoms with van der Waals surface area (Å²) in [7, 11) is 0. The number of aliphatic hydroxyl groups excluding tert-OH is 1. The van der Waals surface area contributed by atoms with E-state index >= 15 is 0 Å². The van der Waals surface area contributed by atoms with E-state index in [1.807, 2.05) is 4.68 Å². The van der Waals surface area contributed by atoms with Gasteiger partial charge in [0, 0.05) is 11.3 Å². The molecule has 3 fully saturated rings. The van der Waals surface area contributed by atoms with Crippen LogP contribution in [0.2, 0.25) is 0 Å². The Morgan fingerprint density at radius 2 is 2.00 bits per heavy atom. The first-order valence-corrected chi connectivity index (χ1v) is 14.7. The molecule has 3 saturated carbocycles. The van der Waals surface area contributed by atoms with Crippen molar-refractivity contribution in [2.75, 3.05) is 6.26 Å². The van der Waals surface area contributed by atoms with Crippen molar-refractivity contribution < 1.29 is 24.4 Å². The molecular weight excluding hydrogens is 491 g/mol. The molecule has 4 aliphatic rings. The van der Waals surface area contributed by atoms with Crippen molar-refractivity contribution in [2.45, 2.75) is 64.2 Å². The first-order valence-electron chi connectivity index (χ1n) is 13.3. The van der Waals surface area contributed by atoms with E-state index in [1.165, 1.54) is 23.3 Å². The summed E-state index contributed by atoms with van der Waals surface area (Å²) in [6, 6.07) is 6.49. The Hall–Kier alpha value is -2.16. The summed E-state index contributed by atoms with van der Waals surface area (Å²) in [5.41, 5.74) is 4.98. The average Bonchev–Trinajstić information content (AvgIpc) is 3.39. The van der Waals surface area contributed by atoms with Gasteiger partial charge >= 0.3 is 5.97 Å². The van der Waals surface area contributed by atoms with Crippen LogP contribution in [0.4, 0.5) is 4.39 Å². The summed E-state index contributed by atoms with van der Waals surface area (Å²) in [4.78, 5) is 16.6. The molecule has 0 bridgehead atoms. The van der Waals surface area contributed by atoms with E-state index in [-0.39, 0.29) is 28.5 Å². The van der Waals surface area contributed by atoms with Gasteiger partial charge in [-0.25, -0.2) is 13.9 Å². The standard InChI is InChI=1S/C29H35FN2O4S/c1-28-13-20-23(15-37-3)31-32(18-7-5-17(30)6-8-18)24(20)12-16(28)4-9-19-21-10-11-22(27(34)36-35)29(21,2)14-25(33)26(19)28/h5-8,12,19,21-22,25-26,33,35H,4,9-11,13-15H2,1-3H3/t19-,21-,22-,25-,26+,28-,29-/m0/s1. The first kappa shape index (κ1) is 25.1. The Kier molecular flexibility index (Phi) is 6.08. The molecule has 37 heavy (non-hydrogen) atoms. The number of thioether (sulfide) groups is 1. The van der Waals surface area contributed by atoms with Crippen LogP contribution in [0.5, 0.6) is 0 Å². The van der Waals surface area contributed by atoms with E-state index in [9.17, 15) is 14.3 Å². The Labute approximate surface area is 221 Å². The summed E-state index contributed by atoms with van der Waals surface area (Å²) < 4.78 is 15.6. The predicted octanol–water partition coefficient (Wildman–Crippen LogP) is 5.66. The molecule has 8 heteroatoms. The number of aromatic nitrogens is 2. The Morgan fingerprint density at radius 1 is 1.24 bits per heavy atom. The third-order valence-corrected chi connectivity index (χ3v) is 10.9. The number of aliphatic hydroxyl groups is 1. The van der Waals surface area contributed by atoms with E-state index in [4.69, 9.17) is 10.4 Å². The minimum absolute atomic E-state index is 0.0962. The molecule has 2 N–H and O–H groups in total. The normalized spacial score (nSPS) is 36.2. The number of allylic oxidation sites excluding steroid dienone is 1. The van der Waals surface area contributed by atoms with Crippen molar-refractivity contribution >= 4 is 23.8 Å². The van der Waals surface area contributed by atoms with Gasteiger partial charge in [-0.15, -0.1) is 0 Å². The van der Waals surface area contributed by atoms with Crippen LogP contribution in [0.15, 0.2) is 29.8 Å². The summed E-state index contributed by atoms with van der Waals surface area (Å²) in [5.74, 6) is 0.316. The fourth-order valence-electron chi connectivity index (χ4n) is 8.81. The molecular formula is C29H35FN2O4S. The molecule has 0 radical (unpaired) electrons. The summed E-state index contributed by atoms with van der Waals surface area (Å²) in [6.07, 6.45) is 8.72. The number of halogens is 1. The maximum absolute atomic E-state index is 13.6. The summed E-state index contributed by atoms with van der Waals surface area (Å²) in [5, 5.41) is 25.8. The Bertz CT molecular complexity index is 1260. The van der Waals surface area contributed by atoms with Crippen LogP contribution in [0, 0.1) is 40.3 Å². The average molecular weight is 527 g/mol. The highest BCUT2D eigenvalue weighted by atomic mass is 32.2. The lowest BCUT2D eigenvalue weighted by Gasteiger charge is -2.59. The van der Waals surface area contributed by atoms with Crippen LogP contribution < -0.4 is 0 Å². The van der Waals surface area contributed by atoms with Crippen molar-refractivity contribution in [3.63, 3.8) is 0 Å². The molecule has 2 aromatic rings. The Balaban J connectivity index is 1.40. The Morgan fingerprint density at radius 3 is 2.70 bits per heavy atom. The zero-order valence-corrected chi connectivity index (χ0v) is 22.4. The molecule has 6 rings (SSSR count). The molecule has 4 aliphatic carbocycles. The SMILES string of the molecule is CSCc1nn(-c2ccc(F)cc2)c2c1C[C@@]1(C)C(=C2)CC[C@@H]2[C@@H]1[C@@H](O)C[C@]1(C)[C@H](C(=O)OO)CC[C@@H]21. The molecule has 0 aliphatic heterocycles. The summed E-state index contributed by atoms with van der Waals surface area (Å²) in [6.45, 7) is 4.43. The highest BCUT2D eigenvalue weighted by Gasteiger charge is 2.63. The minimum atomic E-state index is -0.560. The number of rotatable bonds is 4. The van der Waals surface area contributed by atoms with Gasteiger partial charge in [0.15, 0.2) is 0 Å². The van der Waals surface area contributed by atoms with Crippen LogP contribution in [-0.2, 0) is 21.9 Å². The fraction of sp³-hybridized carbons (Fsp3) is 0.586. The molecule has 1 heterocycles. The molecule has 6 nitrogen and oxygen atoms in total. The minimum Gasteiger partial charge on any atom is -0.393 e. The molecule has 1 aromatic heterocycles. The van der Waals surface area contributed by atoms with Gasteiger partial charge in [0.05, 0.1) is 29.1 Å². The number of hydrogen-bond donors (Lipinski definition) is 2.